The third-order valence-electron chi connectivity index (χ3n) is 2.77. The first kappa shape index (κ1) is 13.7. The van der Waals surface area contributed by atoms with Crippen molar-refractivity contribution in [1.29, 1.82) is 0 Å². The maximum absolute atomic E-state index is 11.9. The van der Waals surface area contributed by atoms with Crippen LogP contribution >= 0.6 is 27.3 Å². The number of hydrogen-bond acceptors (Lipinski definition) is 3. The van der Waals surface area contributed by atoms with Crippen molar-refractivity contribution >= 4 is 33.2 Å². The predicted molar refractivity (Wildman–Crippen MR) is 71.4 cm³/mol. The Labute approximate surface area is 109 Å². The van der Waals surface area contributed by atoms with E-state index in [2.05, 4.69) is 21.2 Å². The molecule has 0 aliphatic rings. The van der Waals surface area contributed by atoms with Gasteiger partial charge in [0.25, 0.3) is 0 Å². The Morgan fingerprint density at radius 1 is 1.50 bits per heavy atom. The van der Waals surface area contributed by atoms with Gasteiger partial charge in [-0.2, -0.15) is 0 Å². The minimum atomic E-state index is -0.728. The molecule has 0 aliphatic carbocycles. The summed E-state index contributed by atoms with van der Waals surface area (Å²) < 4.78 is 1.07. The number of carbonyl (C=O) groups is 1. The third-order valence-corrected chi connectivity index (χ3v) is 4.39. The van der Waals surface area contributed by atoms with Gasteiger partial charge in [0.15, 0.2) is 0 Å². The van der Waals surface area contributed by atoms with Gasteiger partial charge in [0.05, 0.1) is 15.9 Å². The first-order valence-electron chi connectivity index (χ1n) is 5.33. The Bertz CT molecular complexity index is 361. The van der Waals surface area contributed by atoms with Crippen molar-refractivity contribution in [3.05, 3.63) is 20.8 Å². The van der Waals surface area contributed by atoms with E-state index in [1.807, 2.05) is 26.0 Å². The normalized spacial score (nSPS) is 11.5. The molecule has 0 atom stereocenters. The molecule has 1 aromatic rings. The summed E-state index contributed by atoms with van der Waals surface area (Å²) in [6.45, 7) is 4.42. The number of amides is 1. The third kappa shape index (κ3) is 3.30. The minimum Gasteiger partial charge on any atom is -0.350 e. The standard InChI is InChI=1S/C11H17BrN2OS/c1-3-11(13,4-2)10(15)14-7-8-5-6-9(12)16-8/h5-6H,3-4,7,13H2,1-2H3,(H,14,15). The number of nitrogens with one attached hydrogen (secondary N) is 1. The average molecular weight is 305 g/mol. The molecule has 1 heterocycles. The van der Waals surface area contributed by atoms with Gasteiger partial charge in [-0.25, -0.2) is 0 Å². The molecule has 3 N–H and O–H groups in total. The molecule has 90 valence electrons. The van der Waals surface area contributed by atoms with Crippen molar-refractivity contribution < 1.29 is 4.79 Å². The maximum atomic E-state index is 11.9. The molecule has 1 amide bonds. The zero-order chi connectivity index (χ0) is 12.2. The quantitative estimate of drug-likeness (QED) is 0.878. The smallest absolute Gasteiger partial charge is 0.240 e. The van der Waals surface area contributed by atoms with Crippen molar-refractivity contribution in [2.75, 3.05) is 0 Å². The second-order valence-corrected chi connectivity index (χ2v) is 6.30. The van der Waals surface area contributed by atoms with E-state index in [4.69, 9.17) is 5.73 Å². The fourth-order valence-electron chi connectivity index (χ4n) is 1.36. The van der Waals surface area contributed by atoms with Gasteiger partial charge in [-0.05, 0) is 40.9 Å². The Hall–Kier alpha value is -0.390. The molecule has 0 bridgehead atoms. The van der Waals surface area contributed by atoms with E-state index in [-0.39, 0.29) is 5.91 Å². The monoisotopic (exact) mass is 304 g/mol. The lowest BCUT2D eigenvalue weighted by molar-refractivity contribution is -0.126. The summed E-state index contributed by atoms with van der Waals surface area (Å²) in [4.78, 5) is 13.0. The lowest BCUT2D eigenvalue weighted by Gasteiger charge is -2.24. The van der Waals surface area contributed by atoms with Gasteiger partial charge >= 0.3 is 0 Å². The molecule has 5 heteroatoms. The molecule has 16 heavy (non-hydrogen) atoms. The number of carbonyl (C=O) groups excluding carboxylic acids is 1. The van der Waals surface area contributed by atoms with Gasteiger partial charge < -0.3 is 11.1 Å². The second-order valence-electron chi connectivity index (χ2n) is 3.75. The number of thiophene rings is 1. The number of halogens is 1. The van der Waals surface area contributed by atoms with Crippen molar-refractivity contribution in [2.45, 2.75) is 38.8 Å². The van der Waals surface area contributed by atoms with Crippen LogP contribution in [-0.4, -0.2) is 11.4 Å². The van der Waals surface area contributed by atoms with Gasteiger partial charge in [0.1, 0.15) is 0 Å². The van der Waals surface area contributed by atoms with Gasteiger partial charge in [-0.15, -0.1) is 11.3 Å². The maximum Gasteiger partial charge on any atom is 0.240 e. The van der Waals surface area contributed by atoms with Crippen LogP contribution in [0.25, 0.3) is 0 Å². The van der Waals surface area contributed by atoms with Crippen LogP contribution in [0.1, 0.15) is 31.6 Å². The highest BCUT2D eigenvalue weighted by atomic mass is 79.9. The summed E-state index contributed by atoms with van der Waals surface area (Å²) in [6, 6.07) is 3.96. The highest BCUT2D eigenvalue weighted by Crippen LogP contribution is 2.22. The molecule has 0 unspecified atom stereocenters. The molecule has 0 radical (unpaired) electrons. The summed E-state index contributed by atoms with van der Waals surface area (Å²) in [6.07, 6.45) is 1.31. The van der Waals surface area contributed by atoms with Crippen molar-refractivity contribution in [3.63, 3.8) is 0 Å². The van der Waals surface area contributed by atoms with Crippen LogP contribution in [0.5, 0.6) is 0 Å². The molecular weight excluding hydrogens is 288 g/mol. The number of nitrogens with two attached hydrogens (primary N) is 1. The largest absolute Gasteiger partial charge is 0.350 e. The second kappa shape index (κ2) is 5.80. The molecule has 0 aromatic carbocycles. The Kier molecular flexibility index (Phi) is 4.95. The van der Waals surface area contributed by atoms with Crippen LogP contribution in [0, 0.1) is 0 Å². The summed E-state index contributed by atoms with van der Waals surface area (Å²) in [7, 11) is 0. The van der Waals surface area contributed by atoms with Gasteiger partial charge in [0, 0.05) is 4.88 Å². The Morgan fingerprint density at radius 2 is 2.12 bits per heavy atom. The average Bonchev–Trinajstić information content (AvgIpc) is 2.70. The summed E-state index contributed by atoms with van der Waals surface area (Å²) >= 11 is 5.00. The van der Waals surface area contributed by atoms with E-state index in [1.54, 1.807) is 11.3 Å². The summed E-state index contributed by atoms with van der Waals surface area (Å²) in [5.41, 5.74) is 5.26. The highest BCUT2D eigenvalue weighted by molar-refractivity contribution is 9.11. The van der Waals surface area contributed by atoms with E-state index in [0.29, 0.717) is 19.4 Å². The first-order chi connectivity index (χ1) is 7.51. The summed E-state index contributed by atoms with van der Waals surface area (Å²) in [5.74, 6) is -0.0676. The van der Waals surface area contributed by atoms with Gasteiger partial charge in [0.2, 0.25) is 5.91 Å². The SMILES string of the molecule is CCC(N)(CC)C(=O)NCc1ccc(Br)s1. The fraction of sp³-hybridized carbons (Fsp3) is 0.545. The van der Waals surface area contributed by atoms with Crippen LogP contribution in [-0.2, 0) is 11.3 Å². The zero-order valence-electron chi connectivity index (χ0n) is 9.55. The van der Waals surface area contributed by atoms with E-state index in [9.17, 15) is 4.79 Å². The molecule has 0 saturated carbocycles. The van der Waals surface area contributed by atoms with Crippen LogP contribution in [0.2, 0.25) is 0 Å². The Balaban J connectivity index is 2.52. The van der Waals surface area contributed by atoms with Gasteiger partial charge in [-0.1, -0.05) is 13.8 Å². The topological polar surface area (TPSA) is 55.1 Å². The fourth-order valence-corrected chi connectivity index (χ4v) is 2.78. The molecule has 1 aromatic heterocycles. The molecule has 1 rings (SSSR count). The minimum absolute atomic E-state index is 0.0676. The zero-order valence-corrected chi connectivity index (χ0v) is 12.0. The Morgan fingerprint density at radius 3 is 2.56 bits per heavy atom. The molecule has 3 nitrogen and oxygen atoms in total. The highest BCUT2D eigenvalue weighted by Gasteiger charge is 2.29. The molecule has 0 spiro atoms. The van der Waals surface area contributed by atoms with Crippen LogP contribution in [0.3, 0.4) is 0 Å². The van der Waals surface area contributed by atoms with Crippen LogP contribution < -0.4 is 11.1 Å². The molecule has 0 fully saturated rings. The predicted octanol–water partition coefficient (Wildman–Crippen LogP) is 2.64. The van der Waals surface area contributed by atoms with Crippen LogP contribution in [0.15, 0.2) is 15.9 Å². The van der Waals surface area contributed by atoms with E-state index in [1.165, 1.54) is 0 Å². The van der Waals surface area contributed by atoms with Crippen molar-refractivity contribution in [2.24, 2.45) is 5.73 Å². The molecule has 0 aliphatic heterocycles. The van der Waals surface area contributed by atoms with Gasteiger partial charge in [-0.3, -0.25) is 4.79 Å². The number of hydrogen-bond donors (Lipinski definition) is 2. The lowest BCUT2D eigenvalue weighted by atomic mass is 9.93. The van der Waals surface area contributed by atoms with Crippen LogP contribution in [0.4, 0.5) is 0 Å². The van der Waals surface area contributed by atoms with Crippen molar-refractivity contribution in [1.82, 2.24) is 5.32 Å². The lowest BCUT2D eigenvalue weighted by Crippen LogP contribution is -2.52. The molecular formula is C11H17BrN2OS. The number of rotatable bonds is 5. The van der Waals surface area contributed by atoms with E-state index in [0.717, 1.165) is 8.66 Å². The molecule has 0 saturated heterocycles. The summed E-state index contributed by atoms with van der Waals surface area (Å²) in [5, 5.41) is 2.88. The van der Waals surface area contributed by atoms with E-state index >= 15 is 0 Å². The van der Waals surface area contributed by atoms with Crippen molar-refractivity contribution in [3.8, 4) is 0 Å². The van der Waals surface area contributed by atoms with E-state index < -0.39 is 5.54 Å². The first-order valence-corrected chi connectivity index (χ1v) is 6.94.